The maximum Gasteiger partial charge on any atom is 0.449 e. The van der Waals surface area contributed by atoms with Crippen molar-refractivity contribution >= 4 is 9.84 Å². The number of rotatable bonds is 2. The molecule has 0 radical (unpaired) electrons. The summed E-state index contributed by atoms with van der Waals surface area (Å²) in [4.78, 5) is 0.0780. The predicted molar refractivity (Wildman–Crippen MR) is 103 cm³/mol. The molecule has 4 rings (SSSR count). The average molecular weight is 438 g/mol. The van der Waals surface area contributed by atoms with Gasteiger partial charge in [-0.2, -0.15) is 13.2 Å². The molecule has 1 aliphatic heterocycles. The van der Waals surface area contributed by atoms with Gasteiger partial charge in [0.2, 0.25) is 5.76 Å². The van der Waals surface area contributed by atoms with Crippen molar-refractivity contribution in [2.45, 2.75) is 30.5 Å². The molecule has 9 heteroatoms. The van der Waals surface area contributed by atoms with Gasteiger partial charge >= 0.3 is 6.18 Å². The van der Waals surface area contributed by atoms with Gasteiger partial charge in [-0.25, -0.2) is 8.42 Å². The second-order valence-electron chi connectivity index (χ2n) is 7.62. The molecule has 0 saturated heterocycles. The van der Waals surface area contributed by atoms with Crippen molar-refractivity contribution in [3.63, 3.8) is 0 Å². The van der Waals surface area contributed by atoms with E-state index in [1.54, 1.807) is 19.9 Å². The van der Waals surface area contributed by atoms with Gasteiger partial charge in [-0.05, 0) is 55.8 Å². The van der Waals surface area contributed by atoms with Gasteiger partial charge in [0.25, 0.3) is 0 Å². The molecular weight excluding hydrogens is 421 g/mol. The molecule has 0 aliphatic carbocycles. The molecule has 0 unspecified atom stereocenters. The minimum absolute atomic E-state index is 0.0780. The number of fused-ring (bicyclic) bond motifs is 3. The summed E-state index contributed by atoms with van der Waals surface area (Å²) in [6.45, 7) is 3.54. The first kappa shape index (κ1) is 20.3. The summed E-state index contributed by atoms with van der Waals surface area (Å²) in [7, 11) is -3.50. The Balaban J connectivity index is 1.91. The monoisotopic (exact) mass is 438 g/mol. The van der Waals surface area contributed by atoms with E-state index in [0.29, 0.717) is 11.1 Å². The van der Waals surface area contributed by atoms with Gasteiger partial charge < -0.3 is 14.3 Å². The Kier molecular flexibility index (Phi) is 4.26. The molecule has 158 valence electrons. The third kappa shape index (κ3) is 3.32. The summed E-state index contributed by atoms with van der Waals surface area (Å²) in [6.07, 6.45) is -3.55. The molecule has 2 heterocycles. The van der Waals surface area contributed by atoms with E-state index < -0.39 is 27.4 Å². The second kappa shape index (κ2) is 6.28. The van der Waals surface area contributed by atoms with Crippen molar-refractivity contribution in [1.82, 2.24) is 0 Å². The number of furan rings is 1. The number of hydrogen-bond donors (Lipinski definition) is 1. The lowest BCUT2D eigenvalue weighted by atomic mass is 9.85. The predicted octanol–water partition coefficient (Wildman–Crippen LogP) is 5.37. The number of aromatic hydroxyl groups is 1. The highest BCUT2D eigenvalue weighted by atomic mass is 32.2. The molecule has 0 bridgehead atoms. The largest absolute Gasteiger partial charge is 0.507 e. The normalized spacial score (nSPS) is 15.3. The lowest BCUT2D eigenvalue weighted by Gasteiger charge is -2.35. The minimum atomic E-state index is -4.63. The summed E-state index contributed by atoms with van der Waals surface area (Å²) in [5.74, 6) is -1.30. The number of halogens is 3. The maximum absolute atomic E-state index is 12.9. The summed E-state index contributed by atoms with van der Waals surface area (Å²) < 4.78 is 73.5. The van der Waals surface area contributed by atoms with Crippen LogP contribution in [0.4, 0.5) is 13.2 Å². The number of alkyl halides is 3. The highest BCUT2D eigenvalue weighted by Crippen LogP contribution is 2.51. The van der Waals surface area contributed by atoms with Crippen LogP contribution in [0.2, 0.25) is 0 Å². The number of phenols is 1. The average Bonchev–Trinajstić information content (AvgIpc) is 3.10. The number of phenolic OH excluding ortho intramolecular Hbond substituents is 1. The fourth-order valence-electron chi connectivity index (χ4n) is 3.56. The zero-order chi connectivity index (χ0) is 22.1. The highest BCUT2D eigenvalue weighted by Gasteiger charge is 2.37. The van der Waals surface area contributed by atoms with Crippen LogP contribution < -0.4 is 4.74 Å². The molecule has 0 fully saturated rings. The van der Waals surface area contributed by atoms with Crippen LogP contribution >= 0.6 is 0 Å². The van der Waals surface area contributed by atoms with Gasteiger partial charge in [-0.3, -0.25) is 0 Å². The van der Waals surface area contributed by atoms with E-state index in [9.17, 15) is 26.7 Å². The number of sulfone groups is 1. The Bertz CT molecular complexity index is 1270. The number of benzene rings is 2. The van der Waals surface area contributed by atoms with E-state index in [2.05, 4.69) is 0 Å². The first-order valence-corrected chi connectivity index (χ1v) is 10.7. The first-order valence-electron chi connectivity index (χ1n) is 8.86. The molecule has 0 atom stereocenters. The van der Waals surface area contributed by atoms with Gasteiger partial charge in [0, 0.05) is 17.4 Å². The van der Waals surface area contributed by atoms with E-state index in [1.807, 2.05) is 0 Å². The summed E-state index contributed by atoms with van der Waals surface area (Å²) >= 11 is 0. The highest BCUT2D eigenvalue weighted by molar-refractivity contribution is 7.90. The molecule has 0 amide bonds. The maximum atomic E-state index is 12.9. The lowest BCUT2D eigenvalue weighted by molar-refractivity contribution is -0.152. The van der Waals surface area contributed by atoms with Crippen LogP contribution in [0.1, 0.15) is 25.2 Å². The fraction of sp³-hybridized carbons (Fsp3) is 0.238. The molecule has 0 spiro atoms. The Morgan fingerprint density at radius 3 is 2.33 bits per heavy atom. The van der Waals surface area contributed by atoms with Gasteiger partial charge in [-0.15, -0.1) is 0 Å². The first-order chi connectivity index (χ1) is 13.8. The molecular formula is C21H17F3O5S. The standard InChI is InChI=1S/C21H17F3O5S/c1-20(2)14-5-4-12(30(3,26)27)10-13(14)19-15(25)8-11(9-17(19)29-20)16-6-7-18(28-16)21(22,23)24/h4-10,25H,1-3H3. The quantitative estimate of drug-likeness (QED) is 0.582. The zero-order valence-corrected chi connectivity index (χ0v) is 17.0. The van der Waals surface area contributed by atoms with Crippen molar-refractivity contribution in [3.05, 3.63) is 53.8 Å². The van der Waals surface area contributed by atoms with E-state index in [0.717, 1.165) is 18.4 Å². The topological polar surface area (TPSA) is 76.7 Å². The van der Waals surface area contributed by atoms with E-state index in [1.165, 1.54) is 24.3 Å². The van der Waals surface area contributed by atoms with Crippen molar-refractivity contribution in [2.75, 3.05) is 6.26 Å². The molecule has 1 aliphatic rings. The molecule has 5 nitrogen and oxygen atoms in total. The van der Waals surface area contributed by atoms with Crippen molar-refractivity contribution < 1.29 is 35.8 Å². The van der Waals surface area contributed by atoms with Crippen LogP contribution in [0.5, 0.6) is 11.5 Å². The Hall–Kier alpha value is -2.94. The van der Waals surface area contributed by atoms with Crippen molar-refractivity contribution in [1.29, 1.82) is 0 Å². The fourth-order valence-corrected chi connectivity index (χ4v) is 4.20. The number of hydrogen-bond acceptors (Lipinski definition) is 5. The molecule has 1 N–H and O–H groups in total. The molecule has 2 aromatic carbocycles. The van der Waals surface area contributed by atoms with Crippen LogP contribution in [0.15, 0.2) is 51.8 Å². The SMILES string of the molecule is CC1(C)Oc2cc(-c3ccc(C(F)(F)F)o3)cc(O)c2-c2cc(S(C)(=O)=O)ccc21. The molecule has 0 saturated carbocycles. The second-order valence-corrected chi connectivity index (χ2v) is 9.64. The summed E-state index contributed by atoms with van der Waals surface area (Å²) in [5, 5.41) is 10.7. The van der Waals surface area contributed by atoms with Crippen LogP contribution in [0, 0.1) is 0 Å². The minimum Gasteiger partial charge on any atom is -0.507 e. The van der Waals surface area contributed by atoms with E-state index >= 15 is 0 Å². The van der Waals surface area contributed by atoms with Crippen molar-refractivity contribution in [2.24, 2.45) is 0 Å². The van der Waals surface area contributed by atoms with Crippen LogP contribution in [-0.2, 0) is 21.6 Å². The lowest BCUT2D eigenvalue weighted by Crippen LogP contribution is -2.29. The third-order valence-electron chi connectivity index (χ3n) is 4.95. The molecule has 3 aromatic rings. The van der Waals surface area contributed by atoms with E-state index in [4.69, 9.17) is 9.15 Å². The smallest absolute Gasteiger partial charge is 0.449 e. The van der Waals surface area contributed by atoms with Crippen LogP contribution in [-0.4, -0.2) is 19.8 Å². The molecule has 1 aromatic heterocycles. The Morgan fingerprint density at radius 1 is 1.03 bits per heavy atom. The Labute approximate surface area is 170 Å². The van der Waals surface area contributed by atoms with Gasteiger partial charge in [0.05, 0.1) is 10.5 Å². The van der Waals surface area contributed by atoms with Gasteiger partial charge in [-0.1, -0.05) is 6.07 Å². The Morgan fingerprint density at radius 2 is 1.73 bits per heavy atom. The van der Waals surface area contributed by atoms with Gasteiger partial charge in [0.1, 0.15) is 22.9 Å². The summed E-state index contributed by atoms with van der Waals surface area (Å²) in [6, 6.07) is 9.25. The van der Waals surface area contributed by atoms with Crippen molar-refractivity contribution in [3.8, 4) is 33.9 Å². The third-order valence-corrected chi connectivity index (χ3v) is 6.06. The van der Waals surface area contributed by atoms with Crippen LogP contribution in [0.25, 0.3) is 22.5 Å². The van der Waals surface area contributed by atoms with E-state index in [-0.39, 0.29) is 33.3 Å². The van der Waals surface area contributed by atoms with Crippen LogP contribution in [0.3, 0.4) is 0 Å². The zero-order valence-electron chi connectivity index (χ0n) is 16.2. The van der Waals surface area contributed by atoms with Gasteiger partial charge in [0.15, 0.2) is 9.84 Å². The molecule has 30 heavy (non-hydrogen) atoms. The summed E-state index contributed by atoms with van der Waals surface area (Å²) in [5.41, 5.74) is 0.733. The number of ether oxygens (including phenoxy) is 1.